The highest BCUT2D eigenvalue weighted by Gasteiger charge is 2.20. The molecule has 0 aliphatic rings. The summed E-state index contributed by atoms with van der Waals surface area (Å²) in [6.45, 7) is 14.1. The van der Waals surface area contributed by atoms with E-state index in [1.54, 1.807) is 0 Å². The molecule has 0 saturated carbocycles. The van der Waals surface area contributed by atoms with E-state index >= 15 is 0 Å². The molecule has 1 nitrogen and oxygen atoms in total. The molecule has 0 amide bonds. The molecule has 0 aliphatic carbocycles. The average Bonchev–Trinajstić information content (AvgIpc) is 2.25. The van der Waals surface area contributed by atoms with Gasteiger partial charge < -0.3 is 5.32 Å². The maximum atomic E-state index is 6.10. The van der Waals surface area contributed by atoms with Gasteiger partial charge in [0.25, 0.3) is 0 Å². The zero-order valence-corrected chi connectivity index (χ0v) is 15.4. The molecule has 0 bridgehead atoms. The van der Waals surface area contributed by atoms with Crippen molar-refractivity contribution in [3.8, 4) is 0 Å². The topological polar surface area (TPSA) is 12.0 Å². The van der Waals surface area contributed by atoms with Gasteiger partial charge in [0.2, 0.25) is 0 Å². The molecule has 0 radical (unpaired) electrons. The van der Waals surface area contributed by atoms with Gasteiger partial charge in [0.1, 0.15) is 0 Å². The summed E-state index contributed by atoms with van der Waals surface area (Å²) in [6.07, 6.45) is 1.13. The minimum atomic E-state index is -1.04. The zero-order chi connectivity index (χ0) is 15.2. The van der Waals surface area contributed by atoms with Crippen LogP contribution in [0.5, 0.6) is 0 Å². The predicted molar refractivity (Wildman–Crippen MR) is 94.5 cm³/mol. The van der Waals surface area contributed by atoms with E-state index in [1.165, 1.54) is 11.6 Å². The number of nitrogens with one attached hydrogen (secondary N) is 1. The van der Waals surface area contributed by atoms with Crippen molar-refractivity contribution in [2.24, 2.45) is 11.8 Å². The lowest BCUT2D eigenvalue weighted by Crippen LogP contribution is -2.33. The van der Waals surface area contributed by atoms with Crippen LogP contribution in [0, 0.1) is 11.8 Å². The van der Waals surface area contributed by atoms with E-state index < -0.39 is 8.07 Å². The van der Waals surface area contributed by atoms with Gasteiger partial charge in [-0.15, -0.1) is 0 Å². The van der Waals surface area contributed by atoms with Crippen LogP contribution in [0.4, 0.5) is 0 Å². The van der Waals surface area contributed by atoms with Crippen LogP contribution in [0.1, 0.15) is 19.4 Å². The summed E-state index contributed by atoms with van der Waals surface area (Å²) in [4.78, 5) is 0. The third-order valence-corrected chi connectivity index (χ3v) is 5.34. The molecule has 1 rings (SSSR count). The predicted octanol–water partition coefficient (Wildman–Crippen LogP) is 5.08. The highest BCUT2D eigenvalue weighted by atomic mass is 35.5. The highest BCUT2D eigenvalue weighted by Crippen LogP contribution is 2.22. The Hall–Kier alpha value is -0.313. The van der Waals surface area contributed by atoms with E-state index in [4.69, 9.17) is 11.6 Å². The maximum Gasteiger partial charge on any atom is 0.0446 e. The van der Waals surface area contributed by atoms with Gasteiger partial charge in [-0.05, 0) is 49.0 Å². The second-order valence-corrected chi connectivity index (χ2v) is 13.5. The van der Waals surface area contributed by atoms with Crippen LogP contribution in [0.2, 0.25) is 30.7 Å². The van der Waals surface area contributed by atoms with Gasteiger partial charge >= 0.3 is 0 Å². The first-order chi connectivity index (χ1) is 9.26. The summed E-state index contributed by atoms with van der Waals surface area (Å²) in [5.74, 6) is 1.44. The van der Waals surface area contributed by atoms with Crippen LogP contribution in [0.15, 0.2) is 24.3 Å². The molecule has 1 N–H and O–H groups in total. The van der Waals surface area contributed by atoms with Crippen LogP contribution in [-0.4, -0.2) is 21.2 Å². The van der Waals surface area contributed by atoms with E-state index in [0.29, 0.717) is 5.92 Å². The quantitative estimate of drug-likeness (QED) is 0.660. The Morgan fingerprint density at radius 2 is 1.85 bits per heavy atom. The fraction of sp³-hybridized carbons (Fsp3) is 0.647. The Balaban J connectivity index is 2.62. The first-order valence-corrected chi connectivity index (χ1v) is 11.8. The Morgan fingerprint density at radius 3 is 2.40 bits per heavy atom. The van der Waals surface area contributed by atoms with Gasteiger partial charge in [-0.25, -0.2) is 0 Å². The minimum absolute atomic E-state index is 0.716. The van der Waals surface area contributed by atoms with E-state index in [1.807, 2.05) is 6.07 Å². The first kappa shape index (κ1) is 17.7. The number of hydrogen-bond acceptors (Lipinski definition) is 1. The van der Waals surface area contributed by atoms with Crippen LogP contribution in [0.25, 0.3) is 0 Å². The summed E-state index contributed by atoms with van der Waals surface area (Å²) < 4.78 is 0. The Bertz CT molecular complexity index is 398. The molecule has 20 heavy (non-hydrogen) atoms. The Kier molecular flexibility index (Phi) is 7.28. The normalized spacial score (nSPS) is 13.8. The maximum absolute atomic E-state index is 6.10. The van der Waals surface area contributed by atoms with Crippen LogP contribution in [0.3, 0.4) is 0 Å². The third-order valence-electron chi connectivity index (χ3n) is 3.30. The summed E-state index contributed by atoms with van der Waals surface area (Å²) in [5, 5.41) is 4.48. The molecular formula is C17H30ClNSi. The summed E-state index contributed by atoms with van der Waals surface area (Å²) in [7, 11) is -1.04. The second-order valence-electron chi connectivity index (χ2n) is 7.52. The number of benzene rings is 1. The van der Waals surface area contributed by atoms with Gasteiger partial charge in [0.15, 0.2) is 0 Å². The third kappa shape index (κ3) is 8.08. The summed E-state index contributed by atoms with van der Waals surface area (Å²) in [6, 6.07) is 9.69. The van der Waals surface area contributed by atoms with Crippen molar-refractivity contribution in [3.63, 3.8) is 0 Å². The first-order valence-electron chi connectivity index (χ1n) is 7.71. The smallest absolute Gasteiger partial charge is 0.0446 e. The fourth-order valence-electron chi connectivity index (χ4n) is 2.66. The van der Waals surface area contributed by atoms with Crippen molar-refractivity contribution in [2.75, 3.05) is 13.1 Å². The van der Waals surface area contributed by atoms with Crippen molar-refractivity contribution < 1.29 is 0 Å². The molecule has 1 unspecified atom stereocenters. The molecule has 1 aromatic rings. The molecule has 0 aromatic heterocycles. The molecule has 1 atom stereocenters. The molecule has 0 heterocycles. The van der Waals surface area contributed by atoms with E-state index in [-0.39, 0.29) is 0 Å². The number of halogens is 1. The molecule has 0 spiro atoms. The summed E-state index contributed by atoms with van der Waals surface area (Å²) >= 11 is 6.10. The molecular weight excluding hydrogens is 282 g/mol. The molecule has 1 aromatic carbocycles. The van der Waals surface area contributed by atoms with Gasteiger partial charge in [-0.2, -0.15) is 0 Å². The van der Waals surface area contributed by atoms with Gasteiger partial charge in [-0.3, -0.25) is 0 Å². The van der Waals surface area contributed by atoms with Crippen molar-refractivity contribution in [1.29, 1.82) is 0 Å². The lowest BCUT2D eigenvalue weighted by molar-refractivity contribution is 0.470. The van der Waals surface area contributed by atoms with Crippen molar-refractivity contribution in [3.05, 3.63) is 34.9 Å². The van der Waals surface area contributed by atoms with Crippen LogP contribution >= 0.6 is 11.6 Å². The van der Waals surface area contributed by atoms with Crippen molar-refractivity contribution in [2.45, 2.75) is 46.0 Å². The molecule has 0 fully saturated rings. The van der Waals surface area contributed by atoms with Gasteiger partial charge in [0.05, 0.1) is 0 Å². The fourth-order valence-corrected chi connectivity index (χ4v) is 4.89. The largest absolute Gasteiger partial charge is 0.316 e. The van der Waals surface area contributed by atoms with E-state index in [0.717, 1.165) is 30.5 Å². The molecule has 3 heteroatoms. The Morgan fingerprint density at radius 1 is 1.15 bits per heavy atom. The SMILES string of the molecule is CC(C)CNCC(Cc1cccc(Cl)c1)C[Si](C)(C)C. The van der Waals surface area contributed by atoms with Gasteiger partial charge in [-0.1, -0.05) is 63.3 Å². The number of hydrogen-bond donors (Lipinski definition) is 1. The number of rotatable bonds is 8. The zero-order valence-electron chi connectivity index (χ0n) is 13.7. The standard InChI is InChI=1S/C17H30ClNSi/c1-14(2)11-19-12-16(13-20(3,4)5)9-15-7-6-8-17(18)10-15/h6-8,10,14,16,19H,9,11-13H2,1-5H3. The van der Waals surface area contributed by atoms with Gasteiger partial charge in [0, 0.05) is 13.1 Å². The molecule has 114 valence electrons. The van der Waals surface area contributed by atoms with Crippen LogP contribution in [-0.2, 0) is 6.42 Å². The van der Waals surface area contributed by atoms with E-state index in [2.05, 4.69) is 57.0 Å². The average molecular weight is 312 g/mol. The Labute approximate surface area is 131 Å². The monoisotopic (exact) mass is 311 g/mol. The lowest BCUT2D eigenvalue weighted by atomic mass is 10.0. The van der Waals surface area contributed by atoms with E-state index in [9.17, 15) is 0 Å². The summed E-state index contributed by atoms with van der Waals surface area (Å²) in [5.41, 5.74) is 1.37. The highest BCUT2D eigenvalue weighted by molar-refractivity contribution is 6.76. The second kappa shape index (κ2) is 8.21. The minimum Gasteiger partial charge on any atom is -0.316 e. The van der Waals surface area contributed by atoms with Crippen molar-refractivity contribution >= 4 is 19.7 Å². The lowest BCUT2D eigenvalue weighted by Gasteiger charge is -2.25. The van der Waals surface area contributed by atoms with Crippen molar-refractivity contribution in [1.82, 2.24) is 5.32 Å². The van der Waals surface area contributed by atoms with Crippen LogP contribution < -0.4 is 5.32 Å². The molecule has 0 aliphatic heterocycles. The molecule has 0 saturated heterocycles.